The summed E-state index contributed by atoms with van der Waals surface area (Å²) in [7, 11) is 2.63. The number of ether oxygens (including phenoxy) is 4. The minimum atomic E-state index is -0.630. The van der Waals surface area contributed by atoms with E-state index in [0.29, 0.717) is 38.8 Å². The molecule has 9 aromatic rings. The monoisotopic (exact) mass is 1330 g/mol. The molecule has 0 aliphatic rings. The highest BCUT2D eigenvalue weighted by atomic mass is 16.5. The third-order valence-electron chi connectivity index (χ3n) is 19.9. The Morgan fingerprint density at radius 2 is 0.576 bits per heavy atom. The summed E-state index contributed by atoms with van der Waals surface area (Å²) in [5.74, 6) is -0.895. The number of nitrogens with zero attached hydrogens (tertiary/aromatic N) is 6. The zero-order valence-electron chi connectivity index (χ0n) is 63.1. The van der Waals surface area contributed by atoms with E-state index in [1.54, 1.807) is 0 Å². The van der Waals surface area contributed by atoms with Gasteiger partial charge in [0.25, 0.3) is 0 Å². The Hall–Kier alpha value is -8.64. The first-order valence-corrected chi connectivity index (χ1v) is 35.6. The summed E-state index contributed by atoms with van der Waals surface area (Å²) in [6, 6.07) is 58.6. The van der Waals surface area contributed by atoms with Crippen molar-refractivity contribution < 1.29 is 28.5 Å². The van der Waals surface area contributed by atoms with Gasteiger partial charge in [0.05, 0.1) is 38.8 Å². The number of carbonyl (C=O) groups is 2. The van der Waals surface area contributed by atoms with Crippen molar-refractivity contribution in [2.45, 2.75) is 226 Å². The minimum Gasteiger partial charge on any atom is -0.493 e. The zero-order valence-corrected chi connectivity index (χ0v) is 63.1. The van der Waals surface area contributed by atoms with E-state index in [1.165, 1.54) is 93.1 Å². The van der Waals surface area contributed by atoms with Crippen molar-refractivity contribution in [2.75, 3.05) is 27.4 Å². The Morgan fingerprint density at radius 1 is 0.333 bits per heavy atom. The average molecular weight is 1340 g/mol. The second-order valence-corrected chi connectivity index (χ2v) is 33.3. The number of methoxy groups -OCH3 is 2. The third kappa shape index (κ3) is 17.7. The maximum atomic E-state index is 13.4. The number of aryl methyl sites for hydroxylation is 4. The van der Waals surface area contributed by atoms with Crippen molar-refractivity contribution in [2.24, 2.45) is 0 Å². The lowest BCUT2D eigenvalue weighted by Crippen LogP contribution is -2.32. The Balaban J connectivity index is 0.865. The van der Waals surface area contributed by atoms with Crippen LogP contribution < -0.4 is 9.47 Å². The zero-order chi connectivity index (χ0) is 71.9. The molecule has 2 aromatic heterocycles. The highest BCUT2D eigenvalue weighted by molar-refractivity contribution is 5.98. The van der Waals surface area contributed by atoms with Gasteiger partial charge < -0.3 is 18.9 Å². The summed E-state index contributed by atoms with van der Waals surface area (Å²) in [5.41, 5.74) is 16.1. The van der Waals surface area contributed by atoms with Crippen molar-refractivity contribution >= 4 is 11.9 Å². The maximum absolute atomic E-state index is 13.4. The molecule has 0 bridgehead atoms. The van der Waals surface area contributed by atoms with Gasteiger partial charge in [0.1, 0.15) is 22.6 Å². The molecule has 524 valence electrons. The fraction of sp³-hybridized carbons (Fsp3) is 0.448. The number of rotatable bonds is 25. The van der Waals surface area contributed by atoms with Crippen LogP contribution in [0.15, 0.2) is 170 Å². The van der Waals surface area contributed by atoms with Crippen LogP contribution in [0.5, 0.6) is 11.5 Å². The average Bonchev–Trinajstić information content (AvgIpc) is 0.836. The first-order chi connectivity index (χ1) is 46.5. The Kier molecular flexibility index (Phi) is 22.6. The van der Waals surface area contributed by atoms with Crippen LogP contribution >= 0.6 is 0 Å². The third-order valence-corrected chi connectivity index (χ3v) is 19.9. The predicted octanol–water partition coefficient (Wildman–Crippen LogP) is 19.5. The fourth-order valence-electron chi connectivity index (χ4n) is 13.5. The highest BCUT2D eigenvalue weighted by Crippen LogP contribution is 2.47. The van der Waals surface area contributed by atoms with Gasteiger partial charge in [-0.2, -0.15) is 0 Å². The first kappa shape index (κ1) is 74.6. The largest absolute Gasteiger partial charge is 0.493 e. The molecule has 0 spiro atoms. The van der Waals surface area contributed by atoms with Crippen LogP contribution in [0.2, 0.25) is 0 Å². The lowest BCUT2D eigenvalue weighted by Gasteiger charge is -2.37. The van der Waals surface area contributed by atoms with Gasteiger partial charge in [0.15, 0.2) is 0 Å². The van der Waals surface area contributed by atoms with E-state index in [1.807, 2.05) is 21.8 Å². The van der Waals surface area contributed by atoms with Crippen molar-refractivity contribution in [3.8, 4) is 11.5 Å². The van der Waals surface area contributed by atoms with Gasteiger partial charge in [0, 0.05) is 36.3 Å². The molecule has 99 heavy (non-hydrogen) atoms. The van der Waals surface area contributed by atoms with Gasteiger partial charge in [0.2, 0.25) is 0 Å². The molecule has 0 aliphatic heterocycles. The summed E-state index contributed by atoms with van der Waals surface area (Å²) in [4.78, 5) is 26.9. The number of esters is 2. The molecule has 2 heterocycles. The summed E-state index contributed by atoms with van der Waals surface area (Å²) < 4.78 is 27.0. The molecule has 9 rings (SSSR count). The van der Waals surface area contributed by atoms with Gasteiger partial charge in [-0.3, -0.25) is 9.36 Å². The number of hydrogen-bond acceptors (Lipinski definition) is 10. The maximum Gasteiger partial charge on any atom is 0.341 e. The number of hydrogen-bond donors (Lipinski definition) is 0. The smallest absolute Gasteiger partial charge is 0.341 e. The van der Waals surface area contributed by atoms with Crippen molar-refractivity contribution in [3.63, 3.8) is 0 Å². The molecule has 0 saturated heterocycles. The molecule has 12 nitrogen and oxygen atoms in total. The van der Waals surface area contributed by atoms with Crippen LogP contribution in [0.25, 0.3) is 0 Å². The van der Waals surface area contributed by atoms with Crippen LogP contribution in [-0.4, -0.2) is 69.4 Å². The molecular formula is C87H110N6O6. The number of carbonyl (C=O) groups excluding carboxylic acids is 2. The first-order valence-electron chi connectivity index (χ1n) is 35.6. The van der Waals surface area contributed by atoms with Crippen molar-refractivity contribution in [3.05, 3.63) is 259 Å². The highest BCUT2D eigenvalue weighted by Gasteiger charge is 2.39. The molecule has 0 radical (unpaired) electrons. The Bertz CT molecular complexity index is 3860. The molecule has 7 aromatic carbocycles. The van der Waals surface area contributed by atoms with E-state index >= 15 is 0 Å². The number of aromatic nitrogens is 6. The minimum absolute atomic E-state index is 0.00119. The molecule has 0 amide bonds. The topological polar surface area (TPSA) is 132 Å². The molecular weight excluding hydrogens is 1220 g/mol. The van der Waals surface area contributed by atoms with E-state index in [2.05, 4.69) is 291 Å². The van der Waals surface area contributed by atoms with Gasteiger partial charge >= 0.3 is 11.9 Å². The van der Waals surface area contributed by atoms with Crippen LogP contribution in [0, 0.1) is 0 Å². The Labute approximate surface area is 591 Å². The van der Waals surface area contributed by atoms with Gasteiger partial charge in [-0.05, 0) is 156 Å². The molecule has 0 aliphatic carbocycles. The number of benzene rings is 7. The summed E-state index contributed by atoms with van der Waals surface area (Å²) in [5, 5.41) is 18.5. The van der Waals surface area contributed by atoms with Gasteiger partial charge in [-0.15, -0.1) is 10.2 Å². The van der Waals surface area contributed by atoms with Crippen molar-refractivity contribution in [1.82, 2.24) is 30.0 Å². The molecule has 12 heteroatoms. The predicted molar refractivity (Wildman–Crippen MR) is 401 cm³/mol. The van der Waals surface area contributed by atoms with Gasteiger partial charge in [-0.1, -0.05) is 281 Å². The van der Waals surface area contributed by atoms with Crippen molar-refractivity contribution in [1.29, 1.82) is 0 Å². The molecule has 0 unspecified atom stereocenters. The normalized spacial score (nSPS) is 12.8. The van der Waals surface area contributed by atoms with E-state index in [0.717, 1.165) is 30.7 Å². The van der Waals surface area contributed by atoms with Crippen LogP contribution in [0.4, 0.5) is 0 Å². The van der Waals surface area contributed by atoms with E-state index < -0.39 is 22.8 Å². The second-order valence-electron chi connectivity index (χ2n) is 33.3. The summed E-state index contributed by atoms with van der Waals surface area (Å²) in [6.45, 7) is 42.4. The quantitative estimate of drug-likeness (QED) is 0.0309. The molecule has 0 N–H and O–H groups in total. The van der Waals surface area contributed by atoms with Crippen LogP contribution in [0.1, 0.15) is 256 Å². The lowest BCUT2D eigenvalue weighted by molar-refractivity contribution is 0.0578. The summed E-state index contributed by atoms with van der Waals surface area (Å²) in [6.07, 6.45) is 8.65. The van der Waals surface area contributed by atoms with Gasteiger partial charge in [-0.25, -0.2) is 9.59 Å². The van der Waals surface area contributed by atoms with E-state index in [4.69, 9.17) is 18.9 Å². The SMILES string of the molecule is COC(=O)c1cc(OCCCc2cn(CCC(c3ccc(C(C)(C)C)cc3)(c3ccc(C(C)(C)C)cc3)c3ccc(C(C)(C)C)cc3)nn2)c(C(=O)OC)cc1OCCCc1cn(CCCC(c2ccc(C(C)(C)C)cc2)(c2ccc(C(C)(C)C)cc2)c2ccc(C(C)(C)C)cc2)nn1. The second kappa shape index (κ2) is 30.1. The molecule has 0 saturated carbocycles. The van der Waals surface area contributed by atoms with E-state index in [9.17, 15) is 9.59 Å². The Morgan fingerprint density at radius 3 is 0.828 bits per heavy atom. The van der Waals surface area contributed by atoms with E-state index in [-0.39, 0.29) is 68.3 Å². The summed E-state index contributed by atoms with van der Waals surface area (Å²) >= 11 is 0. The fourth-order valence-corrected chi connectivity index (χ4v) is 13.5. The van der Waals surface area contributed by atoms with Crippen LogP contribution in [0.3, 0.4) is 0 Å². The molecule has 0 atom stereocenters. The molecule has 0 fully saturated rings. The van der Waals surface area contributed by atoms with Crippen LogP contribution in [-0.2, 0) is 78.7 Å². The standard InChI is InChI=1S/C87H110N6O6/c1-80(2,3)60-26-38-66(39-27-60)86(67-40-28-61(29-41-67)81(4,5)6,68-42-30-62(31-43-68)82(7,8)9)50-23-52-92-58-72(88-90-92)24-21-54-98-76-56-75(79(95)97-20)77(57-74(76)78(94)96-19)99-55-22-25-73-59-93(91-89-73)53-51-87(69-44-32-63(33-45-69)83(10,11)12,70-46-34-64(35-47-70)84(13,14)15)71-48-36-65(37-49-71)85(16,17)18/h26-49,56-59H,21-25,50-55H2,1-20H3. The lowest BCUT2D eigenvalue weighted by atomic mass is 9.65.